The van der Waals surface area contributed by atoms with Gasteiger partial charge in [0.15, 0.2) is 0 Å². The minimum absolute atomic E-state index is 0.00542. The van der Waals surface area contributed by atoms with Crippen LogP contribution in [-0.4, -0.2) is 17.7 Å². The summed E-state index contributed by atoms with van der Waals surface area (Å²) in [4.78, 5) is 13.5. The van der Waals surface area contributed by atoms with E-state index in [1.165, 1.54) is 4.90 Å². The van der Waals surface area contributed by atoms with Crippen molar-refractivity contribution in [3.63, 3.8) is 0 Å². The first-order chi connectivity index (χ1) is 9.29. The highest BCUT2D eigenvalue weighted by molar-refractivity contribution is 7.99. The van der Waals surface area contributed by atoms with Gasteiger partial charge in [-0.1, -0.05) is 32.4 Å². The summed E-state index contributed by atoms with van der Waals surface area (Å²) in [5.41, 5.74) is 6.87. The van der Waals surface area contributed by atoms with Crippen LogP contribution >= 0.6 is 23.4 Å². The lowest BCUT2D eigenvalue weighted by atomic mass is 9.86. The van der Waals surface area contributed by atoms with Crippen molar-refractivity contribution in [2.45, 2.75) is 44.2 Å². The minimum Gasteiger partial charge on any atom is -0.348 e. The second-order valence-corrected chi connectivity index (χ2v) is 7.80. The first kappa shape index (κ1) is 15.7. The number of thioether (sulfide) groups is 1. The Hall–Kier alpha value is -0.710. The summed E-state index contributed by atoms with van der Waals surface area (Å²) in [7, 11) is 0. The molecule has 1 heterocycles. The summed E-state index contributed by atoms with van der Waals surface area (Å²) in [6.45, 7) is 5.91. The number of nitrogens with one attached hydrogen (secondary N) is 1. The molecular weight excluding hydrogens is 292 g/mol. The molecule has 0 saturated heterocycles. The van der Waals surface area contributed by atoms with E-state index >= 15 is 0 Å². The number of rotatable bonds is 2. The Morgan fingerprint density at radius 1 is 1.50 bits per heavy atom. The molecule has 3 N–H and O–H groups in total. The van der Waals surface area contributed by atoms with Gasteiger partial charge in [0.2, 0.25) is 5.91 Å². The van der Waals surface area contributed by atoms with Crippen molar-refractivity contribution < 1.29 is 4.79 Å². The van der Waals surface area contributed by atoms with Crippen molar-refractivity contribution in [3.8, 4) is 0 Å². The molecule has 1 aromatic carbocycles. The Bertz CT molecular complexity index is 513. The Kier molecular flexibility index (Phi) is 4.67. The van der Waals surface area contributed by atoms with Crippen LogP contribution in [0.25, 0.3) is 0 Å². The number of carbonyl (C=O) groups is 1. The van der Waals surface area contributed by atoms with Gasteiger partial charge in [-0.05, 0) is 35.6 Å². The second kappa shape index (κ2) is 5.96. The molecule has 5 heteroatoms. The molecular formula is C15H21ClN2OS. The minimum atomic E-state index is -0.514. The van der Waals surface area contributed by atoms with Gasteiger partial charge < -0.3 is 11.1 Å². The van der Waals surface area contributed by atoms with E-state index in [9.17, 15) is 4.79 Å². The van der Waals surface area contributed by atoms with E-state index in [0.29, 0.717) is 5.02 Å². The zero-order valence-electron chi connectivity index (χ0n) is 12.1. The average molecular weight is 313 g/mol. The van der Waals surface area contributed by atoms with E-state index in [-0.39, 0.29) is 17.4 Å². The number of carbonyl (C=O) groups excluding carboxylic acids is 1. The summed E-state index contributed by atoms with van der Waals surface area (Å²) < 4.78 is 0. The standard InChI is InChI=1S/C15H21ClN2OS/c1-15(2,3)13(17)14(19)18-11-6-7-20-12-5-4-9(16)8-10(11)12/h4-5,8,11,13H,6-7,17H2,1-3H3,(H,18,19)/t11?,13-/m1/s1. The normalized spacial score (nSPS) is 20.1. The Balaban J connectivity index is 2.16. The van der Waals surface area contributed by atoms with Crippen molar-refractivity contribution in [2.75, 3.05) is 5.75 Å². The zero-order valence-corrected chi connectivity index (χ0v) is 13.6. The van der Waals surface area contributed by atoms with Crippen molar-refractivity contribution >= 4 is 29.3 Å². The van der Waals surface area contributed by atoms with Gasteiger partial charge in [0.1, 0.15) is 0 Å². The van der Waals surface area contributed by atoms with E-state index in [4.69, 9.17) is 17.3 Å². The highest BCUT2D eigenvalue weighted by atomic mass is 35.5. The molecule has 1 aliphatic rings. The van der Waals surface area contributed by atoms with Crippen LogP contribution in [0.4, 0.5) is 0 Å². The lowest BCUT2D eigenvalue weighted by Crippen LogP contribution is -2.49. The third kappa shape index (κ3) is 3.48. The van der Waals surface area contributed by atoms with E-state index in [0.717, 1.165) is 17.7 Å². The SMILES string of the molecule is CC(C)(C)[C@H](N)C(=O)NC1CCSc2ccc(Cl)cc21. The highest BCUT2D eigenvalue weighted by Crippen LogP contribution is 2.37. The fourth-order valence-electron chi connectivity index (χ4n) is 2.17. The number of fused-ring (bicyclic) bond motifs is 1. The molecule has 1 aliphatic heterocycles. The smallest absolute Gasteiger partial charge is 0.237 e. The van der Waals surface area contributed by atoms with Gasteiger partial charge >= 0.3 is 0 Å². The Labute approximate surface area is 129 Å². The van der Waals surface area contributed by atoms with Crippen molar-refractivity contribution in [1.29, 1.82) is 0 Å². The fourth-order valence-corrected chi connectivity index (χ4v) is 3.46. The highest BCUT2D eigenvalue weighted by Gasteiger charge is 2.30. The van der Waals surface area contributed by atoms with Gasteiger partial charge in [0, 0.05) is 15.7 Å². The number of hydrogen-bond acceptors (Lipinski definition) is 3. The largest absolute Gasteiger partial charge is 0.348 e. The molecule has 0 aliphatic carbocycles. The van der Waals surface area contributed by atoms with Crippen LogP contribution in [0.1, 0.15) is 38.8 Å². The number of benzene rings is 1. The van der Waals surface area contributed by atoms with Gasteiger partial charge in [-0.15, -0.1) is 11.8 Å². The lowest BCUT2D eigenvalue weighted by molar-refractivity contribution is -0.125. The number of hydrogen-bond donors (Lipinski definition) is 2. The summed E-state index contributed by atoms with van der Waals surface area (Å²) in [6, 6.07) is 5.34. The number of amides is 1. The molecule has 1 unspecified atom stereocenters. The maximum absolute atomic E-state index is 12.3. The average Bonchev–Trinajstić information content (AvgIpc) is 2.37. The third-order valence-corrected chi connectivity index (χ3v) is 4.90. The summed E-state index contributed by atoms with van der Waals surface area (Å²) in [5.74, 6) is 0.893. The summed E-state index contributed by atoms with van der Waals surface area (Å²) in [5, 5.41) is 3.77. The van der Waals surface area contributed by atoms with Gasteiger partial charge in [-0.3, -0.25) is 4.79 Å². The van der Waals surface area contributed by atoms with E-state index in [2.05, 4.69) is 5.32 Å². The molecule has 2 rings (SSSR count). The van der Waals surface area contributed by atoms with Crippen LogP contribution in [-0.2, 0) is 4.79 Å². The van der Waals surface area contributed by atoms with Crippen molar-refractivity contribution in [1.82, 2.24) is 5.32 Å². The lowest BCUT2D eigenvalue weighted by Gasteiger charge is -2.31. The van der Waals surface area contributed by atoms with E-state index < -0.39 is 6.04 Å². The molecule has 1 aromatic rings. The van der Waals surface area contributed by atoms with Crippen molar-refractivity contribution in [2.24, 2.45) is 11.1 Å². The zero-order chi connectivity index (χ0) is 14.9. The quantitative estimate of drug-likeness (QED) is 0.880. The van der Waals surface area contributed by atoms with Crippen LogP contribution in [0.2, 0.25) is 5.02 Å². The van der Waals surface area contributed by atoms with E-state index in [1.54, 1.807) is 11.8 Å². The molecule has 1 amide bonds. The molecule has 110 valence electrons. The molecule has 0 aromatic heterocycles. The fraction of sp³-hybridized carbons (Fsp3) is 0.533. The van der Waals surface area contributed by atoms with Gasteiger partial charge in [-0.25, -0.2) is 0 Å². The molecule has 0 fully saturated rings. The van der Waals surface area contributed by atoms with Crippen LogP contribution in [0.15, 0.2) is 23.1 Å². The maximum atomic E-state index is 12.3. The molecule has 2 atom stereocenters. The van der Waals surface area contributed by atoms with Crippen molar-refractivity contribution in [3.05, 3.63) is 28.8 Å². The number of halogens is 1. The van der Waals surface area contributed by atoms with Crippen LogP contribution < -0.4 is 11.1 Å². The summed E-state index contributed by atoms with van der Waals surface area (Å²) >= 11 is 7.87. The first-order valence-corrected chi connectivity index (χ1v) is 8.13. The summed E-state index contributed by atoms with van der Waals surface area (Å²) in [6.07, 6.45) is 0.903. The van der Waals surface area contributed by atoms with Gasteiger partial charge in [0.05, 0.1) is 12.1 Å². The monoisotopic (exact) mass is 312 g/mol. The Morgan fingerprint density at radius 2 is 2.20 bits per heavy atom. The second-order valence-electron chi connectivity index (χ2n) is 6.22. The molecule has 0 bridgehead atoms. The number of nitrogens with two attached hydrogens (primary N) is 1. The topological polar surface area (TPSA) is 55.1 Å². The molecule has 3 nitrogen and oxygen atoms in total. The molecule has 0 radical (unpaired) electrons. The first-order valence-electron chi connectivity index (χ1n) is 6.77. The van der Waals surface area contributed by atoms with Crippen LogP contribution in [0.3, 0.4) is 0 Å². The maximum Gasteiger partial charge on any atom is 0.237 e. The van der Waals surface area contributed by atoms with E-state index in [1.807, 2.05) is 39.0 Å². The van der Waals surface area contributed by atoms with Crippen LogP contribution in [0.5, 0.6) is 0 Å². The van der Waals surface area contributed by atoms with Crippen LogP contribution in [0, 0.1) is 5.41 Å². The predicted octanol–water partition coefficient (Wildman–Crippen LogP) is 3.37. The molecule has 0 spiro atoms. The predicted molar refractivity (Wildman–Crippen MR) is 85.1 cm³/mol. The van der Waals surface area contributed by atoms with Gasteiger partial charge in [-0.2, -0.15) is 0 Å². The molecule has 0 saturated carbocycles. The van der Waals surface area contributed by atoms with Gasteiger partial charge in [0.25, 0.3) is 0 Å². The molecule has 20 heavy (non-hydrogen) atoms. The third-order valence-electron chi connectivity index (χ3n) is 3.54. The Morgan fingerprint density at radius 3 is 2.85 bits per heavy atom.